The Hall–Kier alpha value is -4.96. The predicted octanol–water partition coefficient (Wildman–Crippen LogP) is 5.57. The van der Waals surface area contributed by atoms with Crippen LogP contribution in [0.1, 0.15) is 49.7 Å². The normalized spacial score (nSPS) is 26.9. The van der Waals surface area contributed by atoms with Crippen LogP contribution in [0.2, 0.25) is 0 Å². The van der Waals surface area contributed by atoms with Gasteiger partial charge in [0.15, 0.2) is 0 Å². The lowest BCUT2D eigenvalue weighted by Gasteiger charge is -2.41. The summed E-state index contributed by atoms with van der Waals surface area (Å²) in [6.07, 6.45) is 5.13. The van der Waals surface area contributed by atoms with E-state index in [9.17, 15) is 17.6 Å². The van der Waals surface area contributed by atoms with Gasteiger partial charge in [0.25, 0.3) is 0 Å². The molecule has 6 aliphatic heterocycles. The van der Waals surface area contributed by atoms with Crippen LogP contribution in [0.25, 0.3) is 11.1 Å². The van der Waals surface area contributed by atoms with Gasteiger partial charge in [-0.05, 0) is 96.9 Å². The summed E-state index contributed by atoms with van der Waals surface area (Å²) in [6.45, 7) is 2.96. The minimum Gasteiger partial charge on any atom is -0.489 e. The Morgan fingerprint density at radius 2 is 1.12 bits per heavy atom. The molecule has 0 aromatic heterocycles. The van der Waals surface area contributed by atoms with Crippen LogP contribution in [0.5, 0.6) is 11.5 Å². The molecule has 6 atom stereocenters. The summed E-state index contributed by atoms with van der Waals surface area (Å²) in [5.41, 5.74) is 12.6. The number of aliphatic imine (C=N–C) groups is 2. The van der Waals surface area contributed by atoms with E-state index in [0.29, 0.717) is 59.8 Å². The van der Waals surface area contributed by atoms with Crippen molar-refractivity contribution in [2.24, 2.45) is 33.3 Å². The molecule has 6 heterocycles. The van der Waals surface area contributed by atoms with Crippen LogP contribution >= 0.6 is 15.9 Å². The molecule has 6 aliphatic rings. The van der Waals surface area contributed by atoms with Crippen molar-refractivity contribution in [1.82, 2.24) is 10.1 Å². The van der Waals surface area contributed by atoms with Crippen molar-refractivity contribution in [1.29, 1.82) is 0 Å². The highest BCUT2D eigenvalue weighted by atomic mass is 79.9. The molecule has 4 aromatic carbocycles. The maximum Gasteiger partial charge on any atom is 0.488 e. The first-order valence-electron chi connectivity index (χ1n) is 20.9. The molecular formula is C44H48BBrF4N6O8. The zero-order chi connectivity index (χ0) is 45.3. The van der Waals surface area contributed by atoms with Crippen LogP contribution in [0.3, 0.4) is 0 Å². The molecule has 0 radical (unpaired) electrons. The van der Waals surface area contributed by atoms with Crippen LogP contribution in [0.15, 0.2) is 87.3 Å². The lowest BCUT2D eigenvalue weighted by molar-refractivity contribution is -0.197. The highest BCUT2D eigenvalue weighted by Crippen LogP contribution is 2.50. The first kappa shape index (κ1) is 45.6. The number of hydrogen-bond acceptors (Lipinski definition) is 14. The molecule has 2 fully saturated rings. The number of benzene rings is 4. The number of nitrogens with two attached hydrogens (primary N) is 2. The molecule has 0 bridgehead atoms. The van der Waals surface area contributed by atoms with Crippen LogP contribution in [0, 0.1) is 35.1 Å². The van der Waals surface area contributed by atoms with E-state index in [4.69, 9.17) is 50.1 Å². The third-order valence-corrected chi connectivity index (χ3v) is 12.4. The Morgan fingerprint density at radius 3 is 1.56 bits per heavy atom. The molecule has 4 aromatic rings. The molecule has 14 nitrogen and oxygen atoms in total. The van der Waals surface area contributed by atoms with Crippen molar-refractivity contribution in [2.75, 3.05) is 40.5 Å². The summed E-state index contributed by atoms with van der Waals surface area (Å²) < 4.78 is 77.0. The molecule has 2 saturated heterocycles. The van der Waals surface area contributed by atoms with Gasteiger partial charge in [-0.1, -0.05) is 22.0 Å². The fourth-order valence-corrected chi connectivity index (χ4v) is 9.13. The second kappa shape index (κ2) is 18.9. The Morgan fingerprint density at radius 1 is 0.656 bits per heavy atom. The highest BCUT2D eigenvalue weighted by molar-refractivity contribution is 9.10. The fraction of sp³-hybridized carbons (Fsp3) is 0.409. The zero-order valence-corrected chi connectivity index (χ0v) is 36.6. The van der Waals surface area contributed by atoms with E-state index >= 15 is 0 Å². The third kappa shape index (κ3) is 9.83. The first-order chi connectivity index (χ1) is 30.6. The van der Waals surface area contributed by atoms with Crippen molar-refractivity contribution in [3.8, 4) is 22.6 Å². The van der Waals surface area contributed by atoms with E-state index in [2.05, 4.69) is 25.9 Å². The van der Waals surface area contributed by atoms with Crippen LogP contribution in [-0.4, -0.2) is 91.9 Å². The van der Waals surface area contributed by atoms with Crippen molar-refractivity contribution in [3.05, 3.63) is 112 Å². The monoisotopic (exact) mass is 954 g/mol. The highest BCUT2D eigenvalue weighted by Gasteiger charge is 2.52. The average molecular weight is 956 g/mol. The number of rotatable bonds is 4. The summed E-state index contributed by atoms with van der Waals surface area (Å²) in [7, 11) is 1.65. The maximum atomic E-state index is 13.8. The second-order valence-corrected chi connectivity index (χ2v) is 17.4. The van der Waals surface area contributed by atoms with Crippen molar-refractivity contribution in [2.45, 2.75) is 62.2 Å². The number of fused-ring (bicyclic) bond motifs is 4. The molecule has 0 aliphatic carbocycles. The van der Waals surface area contributed by atoms with E-state index in [1.165, 1.54) is 22.3 Å². The molecule has 20 heteroatoms. The van der Waals surface area contributed by atoms with Crippen LogP contribution < -0.4 is 26.4 Å². The number of nitrogens with zero attached hydrogens (tertiary/aromatic N) is 4. The summed E-state index contributed by atoms with van der Waals surface area (Å²) in [6, 6.07) is 17.1. The summed E-state index contributed by atoms with van der Waals surface area (Å²) in [4.78, 5) is 21.5. The van der Waals surface area contributed by atoms with Crippen LogP contribution in [-0.2, 0) is 30.6 Å². The lowest BCUT2D eigenvalue weighted by Crippen LogP contribution is -2.44. The molecule has 6 unspecified atom stereocenters. The zero-order valence-electron chi connectivity index (χ0n) is 35.1. The predicted molar refractivity (Wildman–Crippen MR) is 232 cm³/mol. The largest absolute Gasteiger partial charge is 0.489 e. The Kier molecular flexibility index (Phi) is 13.4. The smallest absolute Gasteiger partial charge is 0.488 e. The van der Waals surface area contributed by atoms with Gasteiger partial charge in [-0.2, -0.15) is 0 Å². The average Bonchev–Trinajstić information content (AvgIpc) is 3.72. The molecule has 64 heavy (non-hydrogen) atoms. The van der Waals surface area contributed by atoms with Gasteiger partial charge in [-0.15, -0.1) is 0 Å². The maximum absolute atomic E-state index is 13.8. The molecule has 0 saturated carbocycles. The quantitative estimate of drug-likeness (QED) is 0.148. The van der Waals surface area contributed by atoms with Gasteiger partial charge in [-0.25, -0.2) is 47.3 Å². The Balaban J connectivity index is 0.000000145. The standard InChI is InChI=1S/C22H23F2N3O3.C16H20BrN3O3.C6H5BF2O2/c1-27-21(25)26-22(30-27)11-20(14-3-2-6-28-12-14)29-19-5-4-13(9-18(19)22)15-7-16(23)10-17(24)8-15;1-20-15(18)19-16(23-20)8-14(10-3-2-6-21-9-10)22-13-5-4-11(17)7-12(13)16;8-5-1-4(7(10)11)2-6(9)3-5/h4-5,7-10,14,20H,2-3,6,11-12H2,1H3,(H2,25,26);4-5,7,10,14H,2-3,6,8-9H2,1H3,(H2,18,19);1-3,10-11H. The Bertz CT molecular complexity index is 2370. The summed E-state index contributed by atoms with van der Waals surface area (Å²) >= 11 is 3.52. The fourth-order valence-electron chi connectivity index (χ4n) is 8.77. The van der Waals surface area contributed by atoms with Crippen LogP contribution in [0.4, 0.5) is 17.6 Å². The van der Waals surface area contributed by atoms with E-state index in [0.717, 1.165) is 79.5 Å². The Labute approximate surface area is 375 Å². The van der Waals surface area contributed by atoms with Crippen molar-refractivity contribution in [3.63, 3.8) is 0 Å². The minimum absolute atomic E-state index is 0.00651. The number of halogens is 5. The van der Waals surface area contributed by atoms with Crippen molar-refractivity contribution < 1.29 is 56.2 Å². The summed E-state index contributed by atoms with van der Waals surface area (Å²) in [5.74, 6) is -0.252. The van der Waals surface area contributed by atoms with Gasteiger partial charge >= 0.3 is 7.12 Å². The lowest BCUT2D eigenvalue weighted by atomic mass is 9.80. The van der Waals surface area contributed by atoms with Crippen molar-refractivity contribution >= 4 is 40.4 Å². The van der Waals surface area contributed by atoms with Gasteiger partial charge in [-0.3, -0.25) is 0 Å². The van der Waals surface area contributed by atoms with Gasteiger partial charge in [0.05, 0.1) is 24.3 Å². The first-order valence-corrected chi connectivity index (χ1v) is 21.7. The molecule has 0 amide bonds. The third-order valence-electron chi connectivity index (χ3n) is 11.9. The molecule has 10 rings (SSSR count). The van der Waals surface area contributed by atoms with Gasteiger partial charge < -0.3 is 40.5 Å². The van der Waals surface area contributed by atoms with E-state index in [1.54, 1.807) is 26.2 Å². The minimum atomic E-state index is -1.83. The number of hydroxylamine groups is 4. The van der Waals surface area contributed by atoms with Gasteiger partial charge in [0.1, 0.15) is 47.0 Å². The van der Waals surface area contributed by atoms with E-state index < -0.39 is 41.8 Å². The SMILES string of the molecule is CN1OC2(CC(C3CCCOC3)Oc3ccc(-c4cc(F)cc(F)c4)cc32)N=C1N.CN1OC2(CC(C3CCCOC3)Oc3ccc(Br)cc32)N=C1N.OB(O)c1cc(F)cc(F)c1. The number of ether oxygens (including phenoxy) is 4. The number of guanidine groups is 2. The molecule has 6 N–H and O–H groups in total. The van der Waals surface area contributed by atoms with Gasteiger partial charge in [0, 0.05) is 68.6 Å². The topological polar surface area (TPSA) is 179 Å². The van der Waals surface area contributed by atoms with Gasteiger partial charge in [0.2, 0.25) is 23.4 Å². The second-order valence-electron chi connectivity index (χ2n) is 16.4. The number of hydrogen-bond donors (Lipinski definition) is 4. The molecule has 340 valence electrons. The summed E-state index contributed by atoms with van der Waals surface area (Å²) in [5, 5.41) is 20.0. The van der Waals surface area contributed by atoms with E-state index in [1.807, 2.05) is 24.3 Å². The molecule has 2 spiro atoms. The van der Waals surface area contributed by atoms with E-state index in [-0.39, 0.29) is 29.5 Å². The molecular weight excluding hydrogens is 907 g/mol.